The number of aliphatic hydroxyl groups excluding tert-OH is 1. The third kappa shape index (κ3) is 2.76. The van der Waals surface area contributed by atoms with Crippen LogP contribution < -0.4 is 0 Å². The molecule has 1 aliphatic heterocycles. The summed E-state index contributed by atoms with van der Waals surface area (Å²) in [5.74, 6) is 0.377. The summed E-state index contributed by atoms with van der Waals surface area (Å²) in [6.07, 6.45) is 2.59. The normalized spacial score (nSPS) is 27.9. The number of piperidine rings is 1. The number of rotatable bonds is 2. The monoisotopic (exact) mass is 206 g/mol. The first-order valence-corrected chi connectivity index (χ1v) is 5.56. The van der Waals surface area contributed by atoms with Gasteiger partial charge in [-0.15, -0.1) is 0 Å². The van der Waals surface area contributed by atoms with Gasteiger partial charge >= 0.3 is 0 Å². The molecule has 2 heterocycles. The molecule has 0 radical (unpaired) electrons. The first-order valence-electron chi connectivity index (χ1n) is 5.56. The van der Waals surface area contributed by atoms with Crippen molar-refractivity contribution in [3.63, 3.8) is 0 Å². The summed E-state index contributed by atoms with van der Waals surface area (Å²) >= 11 is 0. The molecule has 1 saturated heterocycles. The lowest BCUT2D eigenvalue weighted by atomic mass is 9.97. The summed E-state index contributed by atoms with van der Waals surface area (Å²) in [6.45, 7) is 4.95. The van der Waals surface area contributed by atoms with Crippen molar-refractivity contribution >= 4 is 0 Å². The zero-order chi connectivity index (χ0) is 10.7. The first kappa shape index (κ1) is 10.6. The number of pyridine rings is 1. The van der Waals surface area contributed by atoms with Crippen molar-refractivity contribution in [2.45, 2.75) is 26.0 Å². The van der Waals surface area contributed by atoms with E-state index in [4.69, 9.17) is 0 Å². The topological polar surface area (TPSA) is 36.4 Å². The van der Waals surface area contributed by atoms with Gasteiger partial charge in [-0.2, -0.15) is 0 Å². The van der Waals surface area contributed by atoms with E-state index in [9.17, 15) is 5.11 Å². The van der Waals surface area contributed by atoms with Crippen molar-refractivity contribution in [2.24, 2.45) is 5.92 Å². The predicted octanol–water partition coefficient (Wildman–Crippen LogP) is 1.28. The molecule has 1 aliphatic rings. The summed E-state index contributed by atoms with van der Waals surface area (Å²) in [4.78, 5) is 6.67. The van der Waals surface area contributed by atoms with Gasteiger partial charge in [0.25, 0.3) is 0 Å². The van der Waals surface area contributed by atoms with E-state index in [0.29, 0.717) is 5.92 Å². The maximum absolute atomic E-state index is 9.62. The molecule has 0 aliphatic carbocycles. The lowest BCUT2D eigenvalue weighted by Crippen LogP contribution is -2.41. The van der Waals surface area contributed by atoms with Gasteiger partial charge in [0.05, 0.1) is 11.8 Å². The number of hydrogen-bond donors (Lipinski definition) is 1. The zero-order valence-electron chi connectivity index (χ0n) is 9.13. The highest BCUT2D eigenvalue weighted by Crippen LogP contribution is 2.17. The molecule has 0 spiro atoms. The fourth-order valence-corrected chi connectivity index (χ4v) is 2.08. The van der Waals surface area contributed by atoms with Gasteiger partial charge < -0.3 is 5.11 Å². The summed E-state index contributed by atoms with van der Waals surface area (Å²) in [6, 6.07) is 6.01. The lowest BCUT2D eigenvalue weighted by molar-refractivity contribution is 0.0315. The van der Waals surface area contributed by atoms with Gasteiger partial charge in [-0.3, -0.25) is 9.88 Å². The molecule has 0 amide bonds. The Hall–Kier alpha value is -0.930. The molecule has 2 unspecified atom stereocenters. The lowest BCUT2D eigenvalue weighted by Gasteiger charge is -2.34. The minimum atomic E-state index is -0.120. The number of hydrogen-bond acceptors (Lipinski definition) is 3. The van der Waals surface area contributed by atoms with E-state index in [0.717, 1.165) is 31.7 Å². The number of likely N-dealkylation sites (tertiary alicyclic amines) is 1. The average Bonchev–Trinajstić information content (AvgIpc) is 2.25. The van der Waals surface area contributed by atoms with Gasteiger partial charge in [-0.1, -0.05) is 13.0 Å². The fourth-order valence-electron chi connectivity index (χ4n) is 2.08. The van der Waals surface area contributed by atoms with E-state index in [-0.39, 0.29) is 6.10 Å². The average molecular weight is 206 g/mol. The Balaban J connectivity index is 1.91. The SMILES string of the molecule is CC1CN(Cc2ccccn2)CCC1O. The Bertz CT molecular complexity index is 302. The van der Waals surface area contributed by atoms with E-state index in [2.05, 4.69) is 22.9 Å². The second-order valence-corrected chi connectivity index (χ2v) is 4.39. The molecule has 0 aromatic carbocycles. The third-order valence-electron chi connectivity index (χ3n) is 3.06. The minimum absolute atomic E-state index is 0.120. The molecule has 2 rings (SSSR count). The largest absolute Gasteiger partial charge is 0.393 e. The maximum Gasteiger partial charge on any atom is 0.0590 e. The van der Waals surface area contributed by atoms with Crippen molar-refractivity contribution < 1.29 is 5.11 Å². The van der Waals surface area contributed by atoms with Crippen molar-refractivity contribution in [2.75, 3.05) is 13.1 Å². The second kappa shape index (κ2) is 4.73. The maximum atomic E-state index is 9.62. The molecular weight excluding hydrogens is 188 g/mol. The Morgan fingerprint density at radius 1 is 1.53 bits per heavy atom. The highest BCUT2D eigenvalue weighted by molar-refractivity contribution is 5.03. The van der Waals surface area contributed by atoms with Crippen molar-refractivity contribution in [1.82, 2.24) is 9.88 Å². The van der Waals surface area contributed by atoms with Crippen LogP contribution in [0.15, 0.2) is 24.4 Å². The summed E-state index contributed by atoms with van der Waals surface area (Å²) in [5, 5.41) is 9.62. The van der Waals surface area contributed by atoms with Crippen LogP contribution in [-0.4, -0.2) is 34.2 Å². The van der Waals surface area contributed by atoms with Crippen molar-refractivity contribution in [1.29, 1.82) is 0 Å². The Morgan fingerprint density at radius 3 is 3.07 bits per heavy atom. The first-order chi connectivity index (χ1) is 7.25. The molecule has 0 bridgehead atoms. The van der Waals surface area contributed by atoms with E-state index < -0.39 is 0 Å². The quantitative estimate of drug-likeness (QED) is 0.792. The molecule has 3 heteroatoms. The summed E-state index contributed by atoms with van der Waals surface area (Å²) < 4.78 is 0. The smallest absolute Gasteiger partial charge is 0.0590 e. The van der Waals surface area contributed by atoms with E-state index in [1.807, 2.05) is 18.3 Å². The molecule has 15 heavy (non-hydrogen) atoms. The Labute approximate surface area is 90.8 Å². The van der Waals surface area contributed by atoms with Crippen LogP contribution in [0.1, 0.15) is 19.0 Å². The van der Waals surface area contributed by atoms with Gasteiger partial charge in [-0.05, 0) is 24.5 Å². The van der Waals surface area contributed by atoms with Crippen LogP contribution >= 0.6 is 0 Å². The van der Waals surface area contributed by atoms with Crippen LogP contribution in [0.3, 0.4) is 0 Å². The molecule has 1 N–H and O–H groups in total. The number of aliphatic hydroxyl groups is 1. The van der Waals surface area contributed by atoms with Crippen LogP contribution in [0, 0.1) is 5.92 Å². The van der Waals surface area contributed by atoms with Crippen molar-refractivity contribution in [3.8, 4) is 0 Å². The third-order valence-corrected chi connectivity index (χ3v) is 3.06. The molecule has 0 saturated carbocycles. The van der Waals surface area contributed by atoms with Crippen LogP contribution in [0.2, 0.25) is 0 Å². The Morgan fingerprint density at radius 2 is 2.40 bits per heavy atom. The van der Waals surface area contributed by atoms with Gasteiger partial charge in [-0.25, -0.2) is 0 Å². The zero-order valence-corrected chi connectivity index (χ0v) is 9.13. The summed E-state index contributed by atoms with van der Waals surface area (Å²) in [7, 11) is 0. The second-order valence-electron chi connectivity index (χ2n) is 4.39. The molecule has 2 atom stereocenters. The Kier molecular flexibility index (Phi) is 3.34. The number of nitrogens with zero attached hydrogens (tertiary/aromatic N) is 2. The molecule has 3 nitrogen and oxygen atoms in total. The van der Waals surface area contributed by atoms with Gasteiger partial charge in [0.2, 0.25) is 0 Å². The highest BCUT2D eigenvalue weighted by Gasteiger charge is 2.23. The highest BCUT2D eigenvalue weighted by atomic mass is 16.3. The van der Waals surface area contributed by atoms with Gasteiger partial charge in [0.1, 0.15) is 0 Å². The van der Waals surface area contributed by atoms with Crippen molar-refractivity contribution in [3.05, 3.63) is 30.1 Å². The molecule has 1 fully saturated rings. The molecule has 1 aromatic heterocycles. The van der Waals surface area contributed by atoms with E-state index >= 15 is 0 Å². The fraction of sp³-hybridized carbons (Fsp3) is 0.583. The van der Waals surface area contributed by atoms with Crippen LogP contribution in [-0.2, 0) is 6.54 Å². The van der Waals surface area contributed by atoms with Gasteiger partial charge in [0, 0.05) is 25.8 Å². The molecule has 82 valence electrons. The van der Waals surface area contributed by atoms with Crippen LogP contribution in [0.5, 0.6) is 0 Å². The van der Waals surface area contributed by atoms with Crippen LogP contribution in [0.25, 0.3) is 0 Å². The van der Waals surface area contributed by atoms with E-state index in [1.54, 1.807) is 0 Å². The van der Waals surface area contributed by atoms with Crippen LogP contribution in [0.4, 0.5) is 0 Å². The molecule has 1 aromatic rings. The predicted molar refractivity (Wildman–Crippen MR) is 59.3 cm³/mol. The number of aromatic nitrogens is 1. The standard InChI is InChI=1S/C12H18N2O/c1-10-8-14(7-5-12(10)15)9-11-4-2-3-6-13-11/h2-4,6,10,12,15H,5,7-9H2,1H3. The molecular formula is C12H18N2O. The van der Waals surface area contributed by atoms with Gasteiger partial charge in [0.15, 0.2) is 0 Å². The minimum Gasteiger partial charge on any atom is -0.393 e. The van der Waals surface area contributed by atoms with E-state index in [1.165, 1.54) is 0 Å². The summed E-state index contributed by atoms with van der Waals surface area (Å²) in [5.41, 5.74) is 1.11.